The number of nitrogens with zero attached hydrogens (tertiary/aromatic N) is 4. The van der Waals surface area contributed by atoms with Crippen LogP contribution < -0.4 is 10.1 Å². The Hall–Kier alpha value is -3.00. The van der Waals surface area contributed by atoms with Gasteiger partial charge >= 0.3 is 0 Å². The van der Waals surface area contributed by atoms with Gasteiger partial charge in [-0.3, -0.25) is 4.99 Å². The van der Waals surface area contributed by atoms with E-state index in [1.807, 2.05) is 0 Å². The summed E-state index contributed by atoms with van der Waals surface area (Å²) < 4.78 is 20.9. The number of rotatable bonds is 3. The van der Waals surface area contributed by atoms with Crippen molar-refractivity contribution in [2.24, 2.45) is 4.99 Å². The predicted octanol–water partition coefficient (Wildman–Crippen LogP) is 4.67. The van der Waals surface area contributed by atoms with Gasteiger partial charge in [-0.05, 0) is 42.3 Å². The van der Waals surface area contributed by atoms with Crippen LogP contribution in [0.1, 0.15) is 31.2 Å². The number of aromatic nitrogens is 4. The first kappa shape index (κ1) is 17.1. The van der Waals surface area contributed by atoms with E-state index in [9.17, 15) is 4.39 Å². The summed E-state index contributed by atoms with van der Waals surface area (Å²) in [6.07, 6.45) is 5.61. The Morgan fingerprint density at radius 1 is 1.14 bits per heavy atom. The van der Waals surface area contributed by atoms with E-state index < -0.39 is 11.4 Å². The summed E-state index contributed by atoms with van der Waals surface area (Å²) in [6.45, 7) is 0. The highest BCUT2D eigenvalue weighted by Gasteiger charge is 2.42. The molecule has 0 bridgehead atoms. The smallest absolute Gasteiger partial charge is 0.208 e. The standard InChI is InChI=1S/C19H16ClFN6O/c20-12-6-7-14(15-16(12)22-10-23-19(15)8-1-2-9-19)28-17-11(4-3-5-13(17)21)18-24-26-27-25-18/h3-7,10H,1-2,8-9H2,(H,22,23)(H,24,25,26,27). The summed E-state index contributed by atoms with van der Waals surface area (Å²) in [5, 5.41) is 17.5. The summed E-state index contributed by atoms with van der Waals surface area (Å²) in [7, 11) is 0. The molecule has 0 unspecified atom stereocenters. The van der Waals surface area contributed by atoms with E-state index in [2.05, 4.69) is 25.9 Å². The lowest BCUT2D eigenvalue weighted by atomic mass is 9.85. The lowest BCUT2D eigenvalue weighted by Crippen LogP contribution is -2.27. The Kier molecular flexibility index (Phi) is 4.01. The maximum atomic E-state index is 14.7. The van der Waals surface area contributed by atoms with Crippen molar-refractivity contribution in [1.82, 2.24) is 20.6 Å². The second-order valence-corrected chi connectivity index (χ2v) is 7.30. The van der Waals surface area contributed by atoms with Crippen molar-refractivity contribution in [3.63, 3.8) is 0 Å². The second-order valence-electron chi connectivity index (χ2n) is 6.89. The van der Waals surface area contributed by atoms with Gasteiger partial charge < -0.3 is 10.1 Å². The fourth-order valence-electron chi connectivity index (χ4n) is 4.04. The van der Waals surface area contributed by atoms with Crippen LogP contribution in [0.25, 0.3) is 11.4 Å². The first-order chi connectivity index (χ1) is 13.7. The molecule has 28 heavy (non-hydrogen) atoms. The number of fused-ring (bicyclic) bond motifs is 2. The maximum Gasteiger partial charge on any atom is 0.208 e. The van der Waals surface area contributed by atoms with Gasteiger partial charge in [0.15, 0.2) is 11.6 Å². The molecule has 1 aromatic heterocycles. The van der Waals surface area contributed by atoms with Gasteiger partial charge in [-0.25, -0.2) is 4.39 Å². The molecule has 7 nitrogen and oxygen atoms in total. The third-order valence-electron chi connectivity index (χ3n) is 5.30. The number of H-pyrrole nitrogens is 1. The zero-order valence-electron chi connectivity index (χ0n) is 14.7. The molecule has 1 saturated carbocycles. The van der Waals surface area contributed by atoms with Crippen molar-refractivity contribution in [3.8, 4) is 22.9 Å². The van der Waals surface area contributed by atoms with E-state index in [0.29, 0.717) is 16.3 Å². The highest BCUT2D eigenvalue weighted by molar-refractivity contribution is 6.34. The average Bonchev–Trinajstić information content (AvgIpc) is 3.39. The van der Waals surface area contributed by atoms with E-state index in [4.69, 9.17) is 21.3 Å². The van der Waals surface area contributed by atoms with E-state index in [1.54, 1.807) is 30.6 Å². The summed E-state index contributed by atoms with van der Waals surface area (Å²) >= 11 is 6.44. The molecule has 3 aromatic rings. The maximum absolute atomic E-state index is 14.7. The Morgan fingerprint density at radius 3 is 2.79 bits per heavy atom. The summed E-state index contributed by atoms with van der Waals surface area (Å²) in [6, 6.07) is 8.10. The number of nitrogens with one attached hydrogen (secondary N) is 2. The van der Waals surface area contributed by atoms with Crippen LogP contribution in [0.4, 0.5) is 10.1 Å². The van der Waals surface area contributed by atoms with Gasteiger partial charge in [0.2, 0.25) is 5.82 Å². The largest absolute Gasteiger partial charge is 0.453 e. The molecule has 0 saturated heterocycles. The Bertz CT molecular complexity index is 1060. The number of aromatic amines is 1. The van der Waals surface area contributed by atoms with Gasteiger partial charge in [0.25, 0.3) is 0 Å². The molecule has 1 aliphatic heterocycles. The molecule has 142 valence electrons. The lowest BCUT2D eigenvalue weighted by molar-refractivity contribution is 0.403. The summed E-state index contributed by atoms with van der Waals surface area (Å²) in [5.74, 6) is 0.291. The molecule has 1 aliphatic carbocycles. The number of benzene rings is 2. The fourth-order valence-corrected chi connectivity index (χ4v) is 4.26. The van der Waals surface area contributed by atoms with E-state index in [1.165, 1.54) is 6.07 Å². The van der Waals surface area contributed by atoms with Crippen LogP contribution in [0, 0.1) is 5.82 Å². The molecule has 1 fully saturated rings. The van der Waals surface area contributed by atoms with Crippen molar-refractivity contribution in [2.75, 3.05) is 5.32 Å². The SMILES string of the molecule is Fc1cccc(-c2nn[nH]n2)c1Oc1ccc(Cl)c2c1C1(CCCC1)N=CN2. The van der Waals surface area contributed by atoms with Gasteiger partial charge in [0, 0.05) is 5.56 Å². The molecule has 1 spiro atoms. The topological polar surface area (TPSA) is 88.1 Å². The number of hydrogen-bond donors (Lipinski definition) is 2. The lowest BCUT2D eigenvalue weighted by Gasteiger charge is -2.33. The van der Waals surface area contributed by atoms with E-state index >= 15 is 0 Å². The number of anilines is 1. The van der Waals surface area contributed by atoms with Gasteiger partial charge in [-0.1, -0.05) is 30.5 Å². The minimum absolute atomic E-state index is 0.0381. The highest BCUT2D eigenvalue weighted by atomic mass is 35.5. The number of aliphatic imine (C=N–C) groups is 1. The molecule has 2 aliphatic rings. The van der Waals surface area contributed by atoms with Crippen LogP contribution >= 0.6 is 11.6 Å². The number of hydrogen-bond acceptors (Lipinski definition) is 6. The van der Waals surface area contributed by atoms with Crippen molar-refractivity contribution in [2.45, 2.75) is 31.2 Å². The molecular weight excluding hydrogens is 383 g/mol. The van der Waals surface area contributed by atoms with Crippen LogP contribution in [0.2, 0.25) is 5.02 Å². The van der Waals surface area contributed by atoms with E-state index in [-0.39, 0.29) is 11.6 Å². The molecule has 2 heterocycles. The molecule has 0 radical (unpaired) electrons. The summed E-state index contributed by atoms with van der Waals surface area (Å²) in [5.41, 5.74) is 1.62. The van der Waals surface area contributed by atoms with Crippen molar-refractivity contribution in [3.05, 3.63) is 46.7 Å². The summed E-state index contributed by atoms with van der Waals surface area (Å²) in [4.78, 5) is 4.73. The first-order valence-corrected chi connectivity index (χ1v) is 9.39. The number of para-hydroxylation sites is 1. The third-order valence-corrected chi connectivity index (χ3v) is 5.61. The normalized spacial score (nSPS) is 16.8. The zero-order valence-corrected chi connectivity index (χ0v) is 15.5. The molecule has 9 heteroatoms. The van der Waals surface area contributed by atoms with Crippen LogP contribution in [0.5, 0.6) is 11.5 Å². The fraction of sp³-hybridized carbons (Fsp3) is 0.263. The molecule has 0 atom stereocenters. The Morgan fingerprint density at radius 2 is 2.00 bits per heavy atom. The van der Waals surface area contributed by atoms with Gasteiger partial charge in [-0.2, -0.15) is 5.21 Å². The third kappa shape index (κ3) is 2.63. The monoisotopic (exact) mass is 398 g/mol. The van der Waals surface area contributed by atoms with Crippen molar-refractivity contribution >= 4 is 23.6 Å². The highest BCUT2D eigenvalue weighted by Crippen LogP contribution is 2.53. The number of ether oxygens (including phenoxy) is 1. The number of tetrazole rings is 1. The van der Waals surface area contributed by atoms with Gasteiger partial charge in [0.05, 0.1) is 28.2 Å². The van der Waals surface area contributed by atoms with Crippen LogP contribution in [0.3, 0.4) is 0 Å². The minimum atomic E-state index is -0.515. The Labute approximate surface area is 165 Å². The molecular formula is C19H16ClFN6O. The number of halogens is 2. The molecule has 5 rings (SSSR count). The van der Waals surface area contributed by atoms with Crippen LogP contribution in [-0.4, -0.2) is 27.0 Å². The average molecular weight is 399 g/mol. The quantitative estimate of drug-likeness (QED) is 0.669. The van der Waals surface area contributed by atoms with Gasteiger partial charge in [0.1, 0.15) is 5.75 Å². The second kappa shape index (κ2) is 6.56. The predicted molar refractivity (Wildman–Crippen MR) is 103 cm³/mol. The molecule has 2 aromatic carbocycles. The van der Waals surface area contributed by atoms with Crippen LogP contribution in [-0.2, 0) is 5.54 Å². The Balaban J connectivity index is 1.66. The van der Waals surface area contributed by atoms with Crippen molar-refractivity contribution < 1.29 is 9.13 Å². The minimum Gasteiger partial charge on any atom is -0.453 e. The van der Waals surface area contributed by atoms with E-state index in [0.717, 1.165) is 36.9 Å². The molecule has 2 N–H and O–H groups in total. The van der Waals surface area contributed by atoms with Crippen LogP contribution in [0.15, 0.2) is 35.3 Å². The molecule has 0 amide bonds. The zero-order chi connectivity index (χ0) is 19.1. The van der Waals surface area contributed by atoms with Gasteiger partial charge in [-0.15, -0.1) is 10.2 Å². The first-order valence-electron chi connectivity index (χ1n) is 9.01. The van der Waals surface area contributed by atoms with Crippen molar-refractivity contribution in [1.29, 1.82) is 0 Å².